The lowest BCUT2D eigenvalue weighted by molar-refractivity contribution is -0.131. The van der Waals surface area contributed by atoms with E-state index in [1.165, 1.54) is 11.3 Å². The van der Waals surface area contributed by atoms with Crippen molar-refractivity contribution in [3.8, 4) is 0 Å². The maximum absolute atomic E-state index is 12.0. The van der Waals surface area contributed by atoms with Crippen molar-refractivity contribution in [3.63, 3.8) is 0 Å². The standard InChI is InChI=1S/C14H19ClN2O2S/c1-14(2,3)6-7-16-13(18)10-8-9(17-19-10)11-4-5-12(15)20-11/h4-5,10H,6-8H2,1-3H3,(H,16,18)/t10-/m1/s1. The Morgan fingerprint density at radius 3 is 2.90 bits per heavy atom. The van der Waals surface area contributed by atoms with Crippen LogP contribution in [0.5, 0.6) is 0 Å². The largest absolute Gasteiger partial charge is 0.382 e. The quantitative estimate of drug-likeness (QED) is 0.925. The van der Waals surface area contributed by atoms with E-state index in [1.807, 2.05) is 12.1 Å². The zero-order valence-electron chi connectivity index (χ0n) is 11.9. The Morgan fingerprint density at radius 1 is 1.55 bits per heavy atom. The van der Waals surface area contributed by atoms with Crippen LogP contribution in [0.3, 0.4) is 0 Å². The van der Waals surface area contributed by atoms with Crippen molar-refractivity contribution in [2.75, 3.05) is 6.54 Å². The zero-order valence-corrected chi connectivity index (χ0v) is 13.5. The normalized spacial score (nSPS) is 18.6. The fraction of sp³-hybridized carbons (Fsp3) is 0.571. The van der Waals surface area contributed by atoms with Gasteiger partial charge in [0.25, 0.3) is 5.91 Å². The summed E-state index contributed by atoms with van der Waals surface area (Å²) in [5.74, 6) is -0.101. The summed E-state index contributed by atoms with van der Waals surface area (Å²) in [7, 11) is 0. The minimum Gasteiger partial charge on any atom is -0.382 e. The van der Waals surface area contributed by atoms with Crippen molar-refractivity contribution in [3.05, 3.63) is 21.3 Å². The van der Waals surface area contributed by atoms with Gasteiger partial charge in [0.15, 0.2) is 0 Å². The molecule has 1 amide bonds. The third kappa shape index (κ3) is 4.21. The van der Waals surface area contributed by atoms with E-state index in [9.17, 15) is 4.79 Å². The van der Waals surface area contributed by atoms with Crippen molar-refractivity contribution in [1.82, 2.24) is 5.32 Å². The Labute approximate surface area is 128 Å². The fourth-order valence-electron chi connectivity index (χ4n) is 1.81. The maximum Gasteiger partial charge on any atom is 0.264 e. The molecule has 0 spiro atoms. The first-order chi connectivity index (χ1) is 9.35. The number of thiophene rings is 1. The minimum atomic E-state index is -0.522. The molecule has 1 N–H and O–H groups in total. The van der Waals surface area contributed by atoms with Gasteiger partial charge in [-0.2, -0.15) is 0 Å². The highest BCUT2D eigenvalue weighted by molar-refractivity contribution is 7.18. The Bertz CT molecular complexity index is 519. The van der Waals surface area contributed by atoms with E-state index in [0.717, 1.165) is 17.0 Å². The SMILES string of the molecule is CC(C)(C)CCNC(=O)[C@H]1CC(c2ccc(Cl)s2)=NO1. The summed E-state index contributed by atoms with van der Waals surface area (Å²) in [6.07, 6.45) is 0.906. The number of amides is 1. The number of hydrogen-bond donors (Lipinski definition) is 1. The van der Waals surface area contributed by atoms with E-state index < -0.39 is 6.10 Å². The van der Waals surface area contributed by atoms with Gasteiger partial charge < -0.3 is 10.2 Å². The molecule has 1 atom stereocenters. The van der Waals surface area contributed by atoms with E-state index in [-0.39, 0.29) is 11.3 Å². The van der Waals surface area contributed by atoms with Crippen molar-refractivity contribution in [1.29, 1.82) is 0 Å². The fourth-order valence-corrected chi connectivity index (χ4v) is 2.84. The Morgan fingerprint density at radius 2 is 2.30 bits per heavy atom. The molecule has 4 nitrogen and oxygen atoms in total. The molecule has 2 heterocycles. The van der Waals surface area contributed by atoms with Gasteiger partial charge in [0.05, 0.1) is 9.21 Å². The number of hydrogen-bond acceptors (Lipinski definition) is 4. The van der Waals surface area contributed by atoms with Crippen LogP contribution in [0.15, 0.2) is 17.3 Å². The highest BCUT2D eigenvalue weighted by atomic mass is 35.5. The van der Waals surface area contributed by atoms with Gasteiger partial charge in [0, 0.05) is 13.0 Å². The average Bonchev–Trinajstić information content (AvgIpc) is 2.95. The van der Waals surface area contributed by atoms with Crippen molar-refractivity contribution >= 4 is 34.6 Å². The number of halogens is 1. The van der Waals surface area contributed by atoms with Gasteiger partial charge in [0.2, 0.25) is 6.10 Å². The molecule has 0 aliphatic carbocycles. The molecule has 0 bridgehead atoms. The van der Waals surface area contributed by atoms with Gasteiger partial charge in [-0.1, -0.05) is 37.5 Å². The third-order valence-electron chi connectivity index (χ3n) is 2.99. The zero-order chi connectivity index (χ0) is 14.8. The number of carbonyl (C=O) groups excluding carboxylic acids is 1. The topological polar surface area (TPSA) is 50.7 Å². The Hall–Kier alpha value is -1.07. The van der Waals surface area contributed by atoms with Crippen LogP contribution in [-0.4, -0.2) is 24.3 Å². The summed E-state index contributed by atoms with van der Waals surface area (Å²) in [6.45, 7) is 7.09. The van der Waals surface area contributed by atoms with Gasteiger partial charge >= 0.3 is 0 Å². The molecule has 1 aliphatic heterocycles. The minimum absolute atomic E-state index is 0.101. The highest BCUT2D eigenvalue weighted by Gasteiger charge is 2.29. The van der Waals surface area contributed by atoms with E-state index in [1.54, 1.807) is 0 Å². The van der Waals surface area contributed by atoms with Crippen LogP contribution in [-0.2, 0) is 9.63 Å². The van der Waals surface area contributed by atoms with Crippen molar-refractivity contribution < 1.29 is 9.63 Å². The molecule has 0 fully saturated rings. The molecule has 2 rings (SSSR count). The second-order valence-corrected chi connectivity index (χ2v) is 7.76. The molecular weight excluding hydrogens is 296 g/mol. The number of nitrogens with one attached hydrogen (secondary N) is 1. The van der Waals surface area contributed by atoms with Crippen LogP contribution in [0.1, 0.15) is 38.5 Å². The molecule has 0 unspecified atom stereocenters. The average molecular weight is 315 g/mol. The number of rotatable bonds is 4. The first-order valence-electron chi connectivity index (χ1n) is 6.61. The molecule has 20 heavy (non-hydrogen) atoms. The second-order valence-electron chi connectivity index (χ2n) is 6.04. The first kappa shape index (κ1) is 15.3. The van der Waals surface area contributed by atoms with Gasteiger partial charge in [-0.25, -0.2) is 0 Å². The van der Waals surface area contributed by atoms with E-state index >= 15 is 0 Å². The predicted molar refractivity (Wildman–Crippen MR) is 82.4 cm³/mol. The van der Waals surface area contributed by atoms with Gasteiger partial charge in [0.1, 0.15) is 5.71 Å². The van der Waals surface area contributed by atoms with Crippen molar-refractivity contribution in [2.24, 2.45) is 10.6 Å². The van der Waals surface area contributed by atoms with E-state index in [0.29, 0.717) is 17.3 Å². The van der Waals surface area contributed by atoms with Crippen LogP contribution in [0.25, 0.3) is 0 Å². The van der Waals surface area contributed by atoms with Crippen LogP contribution in [0, 0.1) is 5.41 Å². The number of oxime groups is 1. The van der Waals surface area contributed by atoms with Crippen LogP contribution in [0.2, 0.25) is 4.34 Å². The number of nitrogens with zero attached hydrogens (tertiary/aromatic N) is 1. The van der Waals surface area contributed by atoms with Crippen LogP contribution >= 0.6 is 22.9 Å². The lowest BCUT2D eigenvalue weighted by Gasteiger charge is -2.18. The van der Waals surface area contributed by atoms with Crippen molar-refractivity contribution in [2.45, 2.75) is 39.7 Å². The predicted octanol–water partition coefficient (Wildman–Crippen LogP) is 3.45. The van der Waals surface area contributed by atoms with E-state index in [2.05, 4.69) is 31.2 Å². The van der Waals surface area contributed by atoms with Gasteiger partial charge in [-0.3, -0.25) is 4.79 Å². The molecule has 0 saturated heterocycles. The molecule has 1 aliphatic rings. The van der Waals surface area contributed by atoms with Gasteiger partial charge in [-0.05, 0) is 24.0 Å². The molecule has 0 radical (unpaired) electrons. The van der Waals surface area contributed by atoms with Crippen LogP contribution in [0.4, 0.5) is 0 Å². The molecule has 1 aromatic heterocycles. The Balaban J connectivity index is 1.81. The molecule has 6 heteroatoms. The van der Waals surface area contributed by atoms with E-state index in [4.69, 9.17) is 16.4 Å². The summed E-state index contributed by atoms with van der Waals surface area (Å²) in [4.78, 5) is 18.2. The summed E-state index contributed by atoms with van der Waals surface area (Å²) in [5, 5.41) is 6.88. The second kappa shape index (κ2) is 6.14. The summed E-state index contributed by atoms with van der Waals surface area (Å²) >= 11 is 7.34. The third-order valence-corrected chi connectivity index (χ3v) is 4.27. The Kier molecular flexibility index (Phi) is 4.70. The first-order valence-corrected chi connectivity index (χ1v) is 7.81. The lowest BCUT2D eigenvalue weighted by Crippen LogP contribution is -2.36. The molecule has 110 valence electrons. The summed E-state index contributed by atoms with van der Waals surface area (Å²) in [6, 6.07) is 3.72. The highest BCUT2D eigenvalue weighted by Crippen LogP contribution is 2.26. The maximum atomic E-state index is 12.0. The monoisotopic (exact) mass is 314 g/mol. The smallest absolute Gasteiger partial charge is 0.264 e. The molecular formula is C14H19ClN2O2S. The molecule has 1 aromatic rings. The lowest BCUT2D eigenvalue weighted by atomic mass is 9.92. The summed E-state index contributed by atoms with van der Waals surface area (Å²) < 4.78 is 0.709. The molecule has 0 aromatic carbocycles. The molecule has 0 saturated carbocycles. The summed E-state index contributed by atoms with van der Waals surface area (Å²) in [5.41, 5.74) is 0.997. The van der Waals surface area contributed by atoms with Gasteiger partial charge in [-0.15, -0.1) is 11.3 Å². The number of carbonyl (C=O) groups is 1. The van der Waals surface area contributed by atoms with Crippen LogP contribution < -0.4 is 5.32 Å².